The van der Waals surface area contributed by atoms with Crippen LogP contribution >= 0.6 is 11.3 Å². The van der Waals surface area contributed by atoms with Crippen LogP contribution in [0.4, 0.5) is 0 Å². The molecule has 0 fully saturated rings. The summed E-state index contributed by atoms with van der Waals surface area (Å²) in [6.45, 7) is 0. The zero-order valence-corrected chi connectivity index (χ0v) is 11.9. The molecule has 0 saturated heterocycles. The summed E-state index contributed by atoms with van der Waals surface area (Å²) >= 11 is 1.36. The third kappa shape index (κ3) is 2.02. The molecule has 2 aromatic heterocycles. The number of H-pyrrole nitrogens is 1. The summed E-state index contributed by atoms with van der Waals surface area (Å²) in [6, 6.07) is 7.77. The lowest BCUT2D eigenvalue weighted by atomic mass is 10.1. The first-order chi connectivity index (χ1) is 10.3. The zero-order chi connectivity index (χ0) is 14.2. The normalized spacial score (nSPS) is 13.8. The minimum atomic E-state index is -0.0497. The molecule has 21 heavy (non-hydrogen) atoms. The van der Waals surface area contributed by atoms with Crippen LogP contribution in [0.3, 0.4) is 0 Å². The maximum Gasteiger partial charge on any atom is 0.223 e. The number of allylic oxidation sites excluding steroid dienone is 1. The standard InChI is InChI=1S/C16H11N3OS/c20-15(11-8-18-12-5-2-1-4-10(11)12)16-19-14(9-21-16)13-6-3-7-17-13/h1-2,4-9,18H,3H2. The van der Waals surface area contributed by atoms with Crippen LogP contribution in [-0.4, -0.2) is 22.0 Å². The minimum absolute atomic E-state index is 0.0497. The zero-order valence-electron chi connectivity index (χ0n) is 11.0. The number of aromatic amines is 1. The van der Waals surface area contributed by atoms with Crippen LogP contribution in [0.2, 0.25) is 0 Å². The molecule has 0 saturated carbocycles. The number of aromatic nitrogens is 2. The molecule has 0 radical (unpaired) electrons. The van der Waals surface area contributed by atoms with Crippen molar-refractivity contribution in [1.29, 1.82) is 0 Å². The summed E-state index contributed by atoms with van der Waals surface area (Å²) in [7, 11) is 0. The molecule has 1 N–H and O–H groups in total. The molecule has 0 spiro atoms. The number of benzene rings is 1. The van der Waals surface area contributed by atoms with Crippen molar-refractivity contribution in [2.45, 2.75) is 6.42 Å². The topological polar surface area (TPSA) is 58.1 Å². The van der Waals surface area contributed by atoms with Crippen molar-refractivity contribution in [3.05, 3.63) is 58.2 Å². The Labute approximate surface area is 124 Å². The summed E-state index contributed by atoms with van der Waals surface area (Å²) < 4.78 is 0. The van der Waals surface area contributed by atoms with Gasteiger partial charge in [-0.15, -0.1) is 11.3 Å². The molecule has 0 amide bonds. The number of carbonyl (C=O) groups excluding carboxylic acids is 1. The lowest BCUT2D eigenvalue weighted by molar-refractivity contribution is 0.104. The van der Waals surface area contributed by atoms with Gasteiger partial charge in [-0.2, -0.15) is 0 Å². The number of nitrogens with one attached hydrogen (secondary N) is 1. The van der Waals surface area contributed by atoms with Crippen molar-refractivity contribution >= 4 is 39.9 Å². The van der Waals surface area contributed by atoms with Gasteiger partial charge < -0.3 is 4.98 Å². The van der Waals surface area contributed by atoms with Crippen LogP contribution in [-0.2, 0) is 0 Å². The van der Waals surface area contributed by atoms with Crippen LogP contribution in [0.25, 0.3) is 16.6 Å². The third-order valence-electron chi connectivity index (χ3n) is 3.44. The first-order valence-electron chi connectivity index (χ1n) is 6.62. The van der Waals surface area contributed by atoms with Gasteiger partial charge in [0.25, 0.3) is 0 Å². The van der Waals surface area contributed by atoms with E-state index < -0.39 is 0 Å². The Kier molecular flexibility index (Phi) is 2.79. The third-order valence-corrected chi connectivity index (χ3v) is 4.28. The minimum Gasteiger partial charge on any atom is -0.360 e. The highest BCUT2D eigenvalue weighted by atomic mass is 32.1. The number of hydrogen-bond acceptors (Lipinski definition) is 4. The number of thiazole rings is 1. The van der Waals surface area contributed by atoms with E-state index in [4.69, 9.17) is 0 Å². The van der Waals surface area contributed by atoms with Gasteiger partial charge in [-0.3, -0.25) is 9.79 Å². The second-order valence-corrected chi connectivity index (χ2v) is 5.61. The summed E-state index contributed by atoms with van der Waals surface area (Å²) in [6.07, 6.45) is 6.44. The largest absolute Gasteiger partial charge is 0.360 e. The maximum absolute atomic E-state index is 12.6. The molecule has 1 aromatic carbocycles. The summed E-state index contributed by atoms with van der Waals surface area (Å²) in [4.78, 5) is 24.4. The van der Waals surface area contributed by atoms with Crippen molar-refractivity contribution in [2.75, 3.05) is 0 Å². The number of nitrogens with zero attached hydrogens (tertiary/aromatic N) is 2. The molecule has 5 heteroatoms. The fourth-order valence-corrected chi connectivity index (χ4v) is 3.17. The number of fused-ring (bicyclic) bond motifs is 1. The van der Waals surface area contributed by atoms with E-state index in [1.54, 1.807) is 6.20 Å². The molecule has 4 rings (SSSR count). The highest BCUT2D eigenvalue weighted by molar-refractivity contribution is 7.12. The maximum atomic E-state index is 12.6. The Bertz CT molecular complexity index is 901. The molecular weight excluding hydrogens is 282 g/mol. The van der Waals surface area contributed by atoms with Crippen molar-refractivity contribution in [2.24, 2.45) is 4.99 Å². The predicted octanol–water partition coefficient (Wildman–Crippen LogP) is 3.67. The monoisotopic (exact) mass is 293 g/mol. The summed E-state index contributed by atoms with van der Waals surface area (Å²) in [5.74, 6) is -0.0497. The Morgan fingerprint density at radius 1 is 1.29 bits per heavy atom. The molecule has 0 aliphatic carbocycles. The van der Waals surface area contributed by atoms with Crippen molar-refractivity contribution < 1.29 is 4.79 Å². The molecular formula is C16H11N3OS. The van der Waals surface area contributed by atoms with Crippen LogP contribution < -0.4 is 0 Å². The van der Waals surface area contributed by atoms with Crippen molar-refractivity contribution in [3.8, 4) is 0 Å². The first kappa shape index (κ1) is 12.2. The summed E-state index contributed by atoms with van der Waals surface area (Å²) in [5.41, 5.74) is 3.25. The lowest BCUT2D eigenvalue weighted by Gasteiger charge is -1.95. The quantitative estimate of drug-likeness (QED) is 0.749. The molecule has 3 aromatic rings. The van der Waals surface area contributed by atoms with E-state index in [1.807, 2.05) is 41.9 Å². The number of rotatable bonds is 3. The second kappa shape index (κ2) is 4.79. The van der Waals surface area contributed by atoms with Crippen LogP contribution in [0.5, 0.6) is 0 Å². The van der Waals surface area contributed by atoms with Gasteiger partial charge >= 0.3 is 0 Å². The van der Waals surface area contributed by atoms with Gasteiger partial charge in [0.05, 0.1) is 11.3 Å². The highest BCUT2D eigenvalue weighted by Gasteiger charge is 2.18. The Hall–Kier alpha value is -2.53. The van der Waals surface area contributed by atoms with Gasteiger partial charge in [0.2, 0.25) is 5.78 Å². The molecule has 0 atom stereocenters. The highest BCUT2D eigenvalue weighted by Crippen LogP contribution is 2.26. The molecule has 1 aliphatic heterocycles. The lowest BCUT2D eigenvalue weighted by Crippen LogP contribution is -1.99. The van der Waals surface area contributed by atoms with Gasteiger partial charge in [0, 0.05) is 35.1 Å². The van der Waals surface area contributed by atoms with Gasteiger partial charge in [0.1, 0.15) is 5.69 Å². The smallest absolute Gasteiger partial charge is 0.223 e. The molecule has 0 unspecified atom stereocenters. The van der Waals surface area contributed by atoms with E-state index >= 15 is 0 Å². The van der Waals surface area contributed by atoms with E-state index in [-0.39, 0.29) is 5.78 Å². The number of ketones is 1. The van der Waals surface area contributed by atoms with Crippen LogP contribution in [0, 0.1) is 0 Å². The van der Waals surface area contributed by atoms with Crippen molar-refractivity contribution in [1.82, 2.24) is 9.97 Å². The van der Waals surface area contributed by atoms with Crippen LogP contribution in [0.1, 0.15) is 27.5 Å². The van der Waals surface area contributed by atoms with E-state index in [0.29, 0.717) is 10.6 Å². The fourth-order valence-electron chi connectivity index (χ4n) is 2.41. The Morgan fingerprint density at radius 3 is 3.05 bits per heavy atom. The summed E-state index contributed by atoms with van der Waals surface area (Å²) in [5, 5.41) is 3.31. The van der Waals surface area contributed by atoms with Gasteiger partial charge in [0.15, 0.2) is 5.01 Å². The van der Waals surface area contributed by atoms with E-state index in [0.717, 1.165) is 28.7 Å². The van der Waals surface area contributed by atoms with E-state index in [2.05, 4.69) is 15.0 Å². The number of aliphatic imine (C=N–C) groups is 1. The Morgan fingerprint density at radius 2 is 2.19 bits per heavy atom. The molecule has 3 heterocycles. The fraction of sp³-hybridized carbons (Fsp3) is 0.0625. The SMILES string of the molecule is O=C(c1nc(C2=CCC=N2)cs1)c1c[nH]c2ccccc12. The van der Waals surface area contributed by atoms with Gasteiger partial charge in [-0.25, -0.2) is 4.98 Å². The number of hydrogen-bond donors (Lipinski definition) is 1. The van der Waals surface area contributed by atoms with E-state index in [9.17, 15) is 4.79 Å². The van der Waals surface area contributed by atoms with Gasteiger partial charge in [-0.05, 0) is 6.07 Å². The Balaban J connectivity index is 1.73. The average Bonchev–Trinajstić information content (AvgIpc) is 3.25. The molecule has 4 nitrogen and oxygen atoms in total. The molecule has 102 valence electrons. The molecule has 1 aliphatic rings. The molecule has 0 bridgehead atoms. The predicted molar refractivity (Wildman–Crippen MR) is 84.9 cm³/mol. The number of carbonyl (C=O) groups is 1. The average molecular weight is 293 g/mol. The van der Waals surface area contributed by atoms with Crippen LogP contribution in [0.15, 0.2) is 46.9 Å². The first-order valence-corrected chi connectivity index (χ1v) is 7.50. The van der Waals surface area contributed by atoms with E-state index in [1.165, 1.54) is 11.3 Å². The van der Waals surface area contributed by atoms with Crippen molar-refractivity contribution in [3.63, 3.8) is 0 Å². The van der Waals surface area contributed by atoms with Gasteiger partial charge in [-0.1, -0.05) is 24.3 Å². The number of para-hydroxylation sites is 1. The second-order valence-electron chi connectivity index (χ2n) is 4.75.